The van der Waals surface area contributed by atoms with Crippen molar-refractivity contribution in [2.24, 2.45) is 0 Å². The van der Waals surface area contributed by atoms with E-state index < -0.39 is 35.0 Å². The highest BCUT2D eigenvalue weighted by atomic mass is 32.1. The predicted molar refractivity (Wildman–Crippen MR) is 128 cm³/mol. The highest BCUT2D eigenvalue weighted by molar-refractivity contribution is 7.80. The number of carbonyl (C=O) groups excluding carboxylic acids is 3. The van der Waals surface area contributed by atoms with Crippen LogP contribution in [0, 0.1) is 0 Å². The Kier molecular flexibility index (Phi) is 13.7. The summed E-state index contributed by atoms with van der Waals surface area (Å²) in [5.41, 5.74) is -2.99. The summed E-state index contributed by atoms with van der Waals surface area (Å²) >= 11 is 11.8. The maximum Gasteiger partial charge on any atom is 0.336 e. The minimum atomic E-state index is -0.997. The number of rotatable bonds is 15. The van der Waals surface area contributed by atoms with Crippen LogP contribution in [0.4, 0.5) is 0 Å². The van der Waals surface area contributed by atoms with Gasteiger partial charge < -0.3 is 14.2 Å². The van der Waals surface area contributed by atoms with Gasteiger partial charge in [-0.2, -0.15) is 37.9 Å². The molecular weight excluding hydrogens is 498 g/mol. The lowest BCUT2D eigenvalue weighted by atomic mass is 10.4. The first-order valence-electron chi connectivity index (χ1n) is 10.0. The van der Waals surface area contributed by atoms with Crippen LogP contribution in [-0.2, 0) is 48.2 Å². The third-order valence-corrected chi connectivity index (χ3v) is 4.61. The molecule has 186 valence electrons. The number of carbonyl (C=O) groups is 3. The number of esters is 3. The molecule has 0 amide bonds. The van der Waals surface area contributed by atoms with Gasteiger partial charge in [-0.25, -0.2) is 28.1 Å². The van der Waals surface area contributed by atoms with Gasteiger partial charge in [0.15, 0.2) is 0 Å². The van der Waals surface area contributed by atoms with Crippen LogP contribution >= 0.6 is 37.9 Å². The first kappa shape index (κ1) is 28.9. The Balaban J connectivity index is 3.21. The Morgan fingerprint density at radius 1 is 0.545 bits per heavy atom. The smallest absolute Gasteiger partial charge is 0.336 e. The molecule has 15 heteroatoms. The fourth-order valence-electron chi connectivity index (χ4n) is 2.56. The zero-order chi connectivity index (χ0) is 24.8. The fourth-order valence-corrected chi connectivity index (χ4v) is 2.83. The van der Waals surface area contributed by atoms with Crippen LogP contribution in [0.25, 0.3) is 0 Å². The van der Waals surface area contributed by atoms with Crippen molar-refractivity contribution in [1.82, 2.24) is 13.7 Å². The van der Waals surface area contributed by atoms with E-state index in [9.17, 15) is 28.8 Å². The van der Waals surface area contributed by atoms with Crippen LogP contribution in [0.5, 0.6) is 0 Å². The number of hydrogen-bond acceptors (Lipinski definition) is 12. The first-order chi connectivity index (χ1) is 15.8. The second kappa shape index (κ2) is 15.7. The molecule has 0 saturated heterocycles. The van der Waals surface area contributed by atoms with Crippen molar-refractivity contribution >= 4 is 55.8 Å². The van der Waals surface area contributed by atoms with Gasteiger partial charge in [0.25, 0.3) is 0 Å². The van der Waals surface area contributed by atoms with Gasteiger partial charge in [-0.1, -0.05) is 0 Å². The van der Waals surface area contributed by atoms with Crippen molar-refractivity contribution in [3.05, 3.63) is 31.5 Å². The molecule has 1 aromatic rings. The van der Waals surface area contributed by atoms with Gasteiger partial charge in [-0.15, -0.1) is 0 Å². The summed E-state index contributed by atoms with van der Waals surface area (Å²) in [4.78, 5) is 73.7. The molecule has 0 aliphatic heterocycles. The number of thiol groups is 3. The number of ether oxygens (including phenoxy) is 3. The SMILES string of the molecule is O=C(CCn1c(=O)n(CCC(=O)OCCS)c(=O)n(CCC(=O)OCCS)c1=O)OCCS. The molecule has 0 fully saturated rings. The van der Waals surface area contributed by atoms with Crippen LogP contribution in [0.2, 0.25) is 0 Å². The van der Waals surface area contributed by atoms with Gasteiger partial charge in [-0.3, -0.25) is 14.4 Å². The Morgan fingerprint density at radius 2 is 0.788 bits per heavy atom. The summed E-state index contributed by atoms with van der Waals surface area (Å²) in [7, 11) is 0. The first-order valence-corrected chi connectivity index (χ1v) is 11.9. The monoisotopic (exact) mass is 525 g/mol. The van der Waals surface area contributed by atoms with E-state index in [1.165, 1.54) is 0 Å². The zero-order valence-corrected chi connectivity index (χ0v) is 20.5. The molecule has 0 aromatic carbocycles. The normalized spacial score (nSPS) is 10.6. The largest absolute Gasteiger partial charge is 0.465 e. The minimum absolute atomic E-state index is 0.0589. The van der Waals surface area contributed by atoms with Crippen molar-refractivity contribution in [3.8, 4) is 0 Å². The second-order valence-electron chi connectivity index (χ2n) is 6.38. The molecule has 0 saturated carbocycles. The summed E-state index contributed by atoms with van der Waals surface area (Å²) in [6.07, 6.45) is -0.931. The molecule has 33 heavy (non-hydrogen) atoms. The van der Waals surface area contributed by atoms with Crippen LogP contribution in [0.1, 0.15) is 19.3 Å². The summed E-state index contributed by atoms with van der Waals surface area (Å²) in [6, 6.07) is 0. The van der Waals surface area contributed by atoms with E-state index >= 15 is 0 Å². The van der Waals surface area contributed by atoms with E-state index in [4.69, 9.17) is 14.2 Å². The lowest BCUT2D eigenvalue weighted by molar-refractivity contribution is -0.144. The number of aromatic nitrogens is 3. The van der Waals surface area contributed by atoms with Gasteiger partial charge in [0, 0.05) is 36.9 Å². The predicted octanol–water partition coefficient (Wildman–Crippen LogP) is -1.24. The van der Waals surface area contributed by atoms with Gasteiger partial charge >= 0.3 is 35.0 Å². The molecule has 0 unspecified atom stereocenters. The van der Waals surface area contributed by atoms with Gasteiger partial charge in [0.2, 0.25) is 0 Å². The van der Waals surface area contributed by atoms with Gasteiger partial charge in [-0.05, 0) is 0 Å². The molecule has 0 radical (unpaired) electrons. The van der Waals surface area contributed by atoms with Crippen molar-refractivity contribution in [2.45, 2.75) is 38.9 Å². The van der Waals surface area contributed by atoms with E-state index in [2.05, 4.69) is 37.9 Å². The third kappa shape index (κ3) is 9.71. The Hall–Kier alpha value is -2.13. The van der Waals surface area contributed by atoms with E-state index in [0.29, 0.717) is 31.0 Å². The Bertz CT molecular complexity index is 833. The average Bonchev–Trinajstić information content (AvgIpc) is 2.79. The van der Waals surface area contributed by atoms with E-state index in [-0.39, 0.29) is 58.7 Å². The molecule has 12 nitrogen and oxygen atoms in total. The van der Waals surface area contributed by atoms with Crippen molar-refractivity contribution in [1.29, 1.82) is 0 Å². The number of hydrogen-bond donors (Lipinski definition) is 3. The van der Waals surface area contributed by atoms with Crippen LogP contribution in [-0.4, -0.2) is 68.7 Å². The topological polar surface area (TPSA) is 145 Å². The molecular formula is C18H27N3O9S3. The maximum absolute atomic E-state index is 12.8. The summed E-state index contributed by atoms with van der Waals surface area (Å²) in [5.74, 6) is -1.08. The quantitative estimate of drug-likeness (QED) is 0.145. The van der Waals surface area contributed by atoms with Gasteiger partial charge in [0.05, 0.1) is 19.3 Å². The van der Waals surface area contributed by atoms with E-state index in [1.54, 1.807) is 0 Å². The second-order valence-corrected chi connectivity index (χ2v) is 7.73. The van der Waals surface area contributed by atoms with E-state index in [1.807, 2.05) is 0 Å². The zero-order valence-electron chi connectivity index (χ0n) is 17.8. The molecule has 1 heterocycles. The Morgan fingerprint density at radius 3 is 1.00 bits per heavy atom. The molecule has 0 N–H and O–H groups in total. The lowest BCUT2D eigenvalue weighted by Gasteiger charge is -2.14. The van der Waals surface area contributed by atoms with Crippen molar-refractivity contribution in [2.75, 3.05) is 37.1 Å². The maximum atomic E-state index is 12.8. The molecule has 0 aliphatic carbocycles. The molecule has 1 rings (SSSR count). The highest BCUT2D eigenvalue weighted by Gasteiger charge is 2.18. The van der Waals surface area contributed by atoms with Gasteiger partial charge in [0.1, 0.15) is 19.8 Å². The highest BCUT2D eigenvalue weighted by Crippen LogP contribution is 1.94. The van der Waals surface area contributed by atoms with Crippen molar-refractivity contribution < 1.29 is 28.6 Å². The Labute approximate surface area is 205 Å². The third-order valence-electron chi connectivity index (χ3n) is 4.07. The van der Waals surface area contributed by atoms with Crippen LogP contribution in [0.3, 0.4) is 0 Å². The van der Waals surface area contributed by atoms with E-state index in [0.717, 1.165) is 0 Å². The minimum Gasteiger partial charge on any atom is -0.465 e. The molecule has 0 aliphatic rings. The molecule has 1 aromatic heterocycles. The van der Waals surface area contributed by atoms with Crippen LogP contribution < -0.4 is 17.1 Å². The lowest BCUT2D eigenvalue weighted by Crippen LogP contribution is -2.55. The summed E-state index contributed by atoms with van der Waals surface area (Å²) < 4.78 is 16.6. The summed E-state index contributed by atoms with van der Waals surface area (Å²) in [5, 5.41) is 0. The summed E-state index contributed by atoms with van der Waals surface area (Å²) in [6.45, 7) is -0.914. The van der Waals surface area contributed by atoms with Crippen molar-refractivity contribution in [3.63, 3.8) is 0 Å². The van der Waals surface area contributed by atoms with Crippen LogP contribution in [0.15, 0.2) is 14.4 Å². The number of nitrogens with zero attached hydrogens (tertiary/aromatic N) is 3. The molecule has 0 bridgehead atoms. The molecule has 0 atom stereocenters. The average molecular weight is 526 g/mol. The fraction of sp³-hybridized carbons (Fsp3) is 0.667. The molecule has 0 spiro atoms. The standard InChI is InChI=1S/C18H27N3O9S3/c22-13(28-7-10-31)1-4-19-16(25)20(5-2-14(23)29-8-11-32)18(27)21(17(19)26)6-3-15(24)30-9-12-33/h31-33H,1-12H2.